The number of anilines is 1. The molecule has 0 N–H and O–H groups in total. The zero-order valence-corrected chi connectivity index (χ0v) is 13.7. The number of fused-ring (bicyclic) bond motifs is 2. The van der Waals surface area contributed by atoms with Gasteiger partial charge >= 0.3 is 0 Å². The van der Waals surface area contributed by atoms with Crippen molar-refractivity contribution in [3.63, 3.8) is 0 Å². The first-order valence-corrected chi connectivity index (χ1v) is 8.45. The fourth-order valence-corrected chi connectivity index (χ4v) is 3.07. The summed E-state index contributed by atoms with van der Waals surface area (Å²) >= 11 is 3.53. The molecule has 5 heteroatoms. The van der Waals surface area contributed by atoms with E-state index in [9.17, 15) is 0 Å². The number of rotatable bonds is 5. The lowest BCUT2D eigenvalue weighted by molar-refractivity contribution is 0.172. The van der Waals surface area contributed by atoms with Gasteiger partial charge in [0.05, 0.1) is 0 Å². The Balaban J connectivity index is 2.09. The van der Waals surface area contributed by atoms with E-state index >= 15 is 0 Å². The molecule has 1 aromatic carbocycles. The van der Waals surface area contributed by atoms with Crippen LogP contribution in [0.15, 0.2) is 24.4 Å². The molecule has 2 heterocycles. The van der Waals surface area contributed by atoms with E-state index in [-0.39, 0.29) is 0 Å². The zero-order chi connectivity index (χ0) is 14.7. The number of alkyl halides is 1. The van der Waals surface area contributed by atoms with Crippen LogP contribution in [0.2, 0.25) is 0 Å². The summed E-state index contributed by atoms with van der Waals surface area (Å²) in [4.78, 5) is 6.91. The van der Waals surface area contributed by atoms with Gasteiger partial charge in [0.25, 0.3) is 0 Å². The van der Waals surface area contributed by atoms with Gasteiger partial charge in [-0.15, -0.1) is 0 Å². The Morgan fingerprint density at radius 2 is 1.95 bits per heavy atom. The second kappa shape index (κ2) is 6.52. The molecule has 0 unspecified atom stereocenters. The Kier molecular flexibility index (Phi) is 4.48. The number of benzene rings is 1. The van der Waals surface area contributed by atoms with Crippen LogP contribution >= 0.6 is 15.9 Å². The molecule has 3 rings (SSSR count). The van der Waals surface area contributed by atoms with Crippen LogP contribution in [-0.2, 0) is 0 Å². The predicted octanol–water partition coefficient (Wildman–Crippen LogP) is 3.62. The molecule has 0 radical (unpaired) electrons. The number of nitrogens with zero attached hydrogens (tertiary/aromatic N) is 2. The van der Waals surface area contributed by atoms with Crippen molar-refractivity contribution in [1.82, 2.24) is 4.98 Å². The van der Waals surface area contributed by atoms with Gasteiger partial charge in [-0.05, 0) is 30.0 Å². The third kappa shape index (κ3) is 2.93. The Bertz CT molecular complexity index is 627. The molecule has 0 bridgehead atoms. The monoisotopic (exact) mass is 350 g/mol. The van der Waals surface area contributed by atoms with Crippen LogP contribution in [0.4, 0.5) is 5.82 Å². The van der Waals surface area contributed by atoms with Gasteiger partial charge in [0.2, 0.25) is 0 Å². The number of hydrogen-bond donors (Lipinski definition) is 0. The molecule has 21 heavy (non-hydrogen) atoms. The van der Waals surface area contributed by atoms with E-state index in [1.54, 1.807) is 0 Å². The van der Waals surface area contributed by atoms with Gasteiger partial charge in [0.1, 0.15) is 19.0 Å². The maximum Gasteiger partial charge on any atom is 0.162 e. The highest BCUT2D eigenvalue weighted by atomic mass is 79.9. The largest absolute Gasteiger partial charge is 0.486 e. The van der Waals surface area contributed by atoms with Crippen LogP contribution in [0.25, 0.3) is 10.8 Å². The summed E-state index contributed by atoms with van der Waals surface area (Å²) in [6.45, 7) is 5.34. The Labute approximate surface area is 133 Å². The lowest BCUT2D eigenvalue weighted by Gasteiger charge is -2.25. The van der Waals surface area contributed by atoms with E-state index in [0.29, 0.717) is 13.2 Å². The van der Waals surface area contributed by atoms with E-state index in [4.69, 9.17) is 9.47 Å². The molecule has 2 aromatic rings. The number of pyridine rings is 1. The van der Waals surface area contributed by atoms with Crippen molar-refractivity contribution in [1.29, 1.82) is 0 Å². The van der Waals surface area contributed by atoms with Crippen molar-refractivity contribution < 1.29 is 9.47 Å². The maximum absolute atomic E-state index is 5.71. The summed E-state index contributed by atoms with van der Waals surface area (Å²) in [7, 11) is 0. The van der Waals surface area contributed by atoms with Gasteiger partial charge < -0.3 is 14.4 Å². The summed E-state index contributed by atoms with van der Waals surface area (Å²) < 4.78 is 11.4. The molecule has 112 valence electrons. The SMILES string of the molecule is CCCN(CCBr)c1nccc2cc3c(cc12)OCCO3. The maximum atomic E-state index is 5.71. The fourth-order valence-electron chi connectivity index (χ4n) is 2.64. The molecule has 0 amide bonds. The van der Waals surface area contributed by atoms with Gasteiger partial charge in [-0.3, -0.25) is 0 Å². The highest BCUT2D eigenvalue weighted by Crippen LogP contribution is 2.37. The van der Waals surface area contributed by atoms with E-state index in [1.807, 2.05) is 18.3 Å². The first kappa shape index (κ1) is 14.4. The molecule has 4 nitrogen and oxygen atoms in total. The van der Waals surface area contributed by atoms with Crippen LogP contribution in [0.1, 0.15) is 13.3 Å². The highest BCUT2D eigenvalue weighted by molar-refractivity contribution is 9.09. The minimum absolute atomic E-state index is 0.605. The smallest absolute Gasteiger partial charge is 0.162 e. The number of hydrogen-bond acceptors (Lipinski definition) is 4. The van der Waals surface area contributed by atoms with E-state index in [1.165, 1.54) is 0 Å². The van der Waals surface area contributed by atoms with Gasteiger partial charge in [0.15, 0.2) is 11.5 Å². The van der Waals surface area contributed by atoms with Crippen LogP contribution in [0.5, 0.6) is 11.5 Å². The van der Waals surface area contributed by atoms with Crippen LogP contribution < -0.4 is 14.4 Å². The van der Waals surface area contributed by atoms with Crippen molar-refractivity contribution >= 4 is 32.5 Å². The lowest BCUT2D eigenvalue weighted by atomic mass is 10.1. The molecule has 0 atom stereocenters. The zero-order valence-electron chi connectivity index (χ0n) is 12.1. The first-order chi connectivity index (χ1) is 10.3. The summed E-state index contributed by atoms with van der Waals surface area (Å²) in [6, 6.07) is 6.13. The van der Waals surface area contributed by atoms with E-state index in [2.05, 4.69) is 38.8 Å². The van der Waals surface area contributed by atoms with Gasteiger partial charge in [-0.2, -0.15) is 0 Å². The number of halogens is 1. The van der Waals surface area contributed by atoms with Gasteiger partial charge in [-0.1, -0.05) is 22.9 Å². The number of aromatic nitrogens is 1. The Morgan fingerprint density at radius 3 is 2.67 bits per heavy atom. The minimum Gasteiger partial charge on any atom is -0.486 e. The second-order valence-corrected chi connectivity index (χ2v) is 5.82. The molecule has 1 aliphatic rings. The van der Waals surface area contributed by atoms with Crippen molar-refractivity contribution in [3.05, 3.63) is 24.4 Å². The van der Waals surface area contributed by atoms with E-state index in [0.717, 1.165) is 52.9 Å². The first-order valence-electron chi connectivity index (χ1n) is 7.32. The van der Waals surface area contributed by atoms with Crippen molar-refractivity contribution in [2.24, 2.45) is 0 Å². The van der Waals surface area contributed by atoms with Crippen LogP contribution in [-0.4, -0.2) is 36.6 Å². The molecule has 0 saturated heterocycles. The topological polar surface area (TPSA) is 34.6 Å². The molecule has 0 fully saturated rings. The Hall–Kier alpha value is -1.49. The average Bonchev–Trinajstić information content (AvgIpc) is 2.52. The molecule has 1 aliphatic heterocycles. The molecule has 0 saturated carbocycles. The Morgan fingerprint density at radius 1 is 1.19 bits per heavy atom. The summed E-state index contributed by atoms with van der Waals surface area (Å²) in [5, 5.41) is 3.19. The third-order valence-corrected chi connectivity index (χ3v) is 3.91. The summed E-state index contributed by atoms with van der Waals surface area (Å²) in [5.41, 5.74) is 0. The standard InChI is InChI=1S/C16H19BrN2O2/c1-2-6-19(7-4-17)16-13-11-15-14(20-8-9-21-15)10-12(13)3-5-18-16/h3,5,10-11H,2,4,6-9H2,1H3. The summed E-state index contributed by atoms with van der Waals surface area (Å²) in [5.74, 6) is 2.66. The minimum atomic E-state index is 0.605. The average molecular weight is 351 g/mol. The molecule has 0 aliphatic carbocycles. The van der Waals surface area contributed by atoms with Crippen LogP contribution in [0, 0.1) is 0 Å². The quantitative estimate of drug-likeness (QED) is 0.771. The number of ether oxygens (including phenoxy) is 2. The molecular formula is C16H19BrN2O2. The van der Waals surface area contributed by atoms with Gasteiger partial charge in [0, 0.05) is 30.0 Å². The molecule has 0 spiro atoms. The normalized spacial score (nSPS) is 13.4. The van der Waals surface area contributed by atoms with E-state index < -0.39 is 0 Å². The molecular weight excluding hydrogens is 332 g/mol. The highest BCUT2D eigenvalue weighted by Gasteiger charge is 2.16. The van der Waals surface area contributed by atoms with Crippen molar-refractivity contribution in [3.8, 4) is 11.5 Å². The molecule has 1 aromatic heterocycles. The second-order valence-electron chi connectivity index (χ2n) is 5.03. The lowest BCUT2D eigenvalue weighted by Crippen LogP contribution is -2.27. The van der Waals surface area contributed by atoms with Crippen molar-refractivity contribution in [2.75, 3.05) is 36.5 Å². The fraction of sp³-hybridized carbons (Fsp3) is 0.438. The third-order valence-electron chi connectivity index (χ3n) is 3.55. The van der Waals surface area contributed by atoms with Crippen LogP contribution in [0.3, 0.4) is 0 Å². The summed E-state index contributed by atoms with van der Waals surface area (Å²) in [6.07, 6.45) is 2.96. The van der Waals surface area contributed by atoms with Crippen molar-refractivity contribution in [2.45, 2.75) is 13.3 Å². The van der Waals surface area contributed by atoms with Gasteiger partial charge in [-0.25, -0.2) is 4.98 Å². The predicted molar refractivity (Wildman–Crippen MR) is 89.0 cm³/mol.